The second kappa shape index (κ2) is 3.80. The Labute approximate surface area is 98.5 Å². The van der Waals surface area contributed by atoms with Gasteiger partial charge in [0.1, 0.15) is 11.4 Å². The molecule has 82 valence electrons. The number of hydrogen-bond donors (Lipinski definition) is 1. The van der Waals surface area contributed by atoms with E-state index in [9.17, 15) is 0 Å². The van der Waals surface area contributed by atoms with Gasteiger partial charge < -0.3 is 10.1 Å². The molecule has 1 aliphatic heterocycles. The van der Waals surface area contributed by atoms with Gasteiger partial charge in [0.15, 0.2) is 0 Å². The Morgan fingerprint density at radius 3 is 3.00 bits per heavy atom. The van der Waals surface area contributed by atoms with Crippen molar-refractivity contribution < 1.29 is 4.74 Å². The van der Waals surface area contributed by atoms with E-state index < -0.39 is 0 Å². The number of nitriles is 1. The Balaban J connectivity index is 1.91. The fourth-order valence-corrected chi connectivity index (χ4v) is 1.78. The summed E-state index contributed by atoms with van der Waals surface area (Å²) in [6, 6.07) is 13.1. The number of nitrogens with zero attached hydrogens (tertiary/aromatic N) is 2. The van der Waals surface area contributed by atoms with Crippen LogP contribution in [0.5, 0.6) is 5.75 Å². The van der Waals surface area contributed by atoms with Crippen LogP contribution in [0, 0.1) is 11.3 Å². The summed E-state index contributed by atoms with van der Waals surface area (Å²) in [5.41, 5.74) is 2.27. The number of rotatable bonds is 1. The number of pyridine rings is 1. The fourth-order valence-electron chi connectivity index (χ4n) is 1.78. The molecule has 0 bridgehead atoms. The summed E-state index contributed by atoms with van der Waals surface area (Å²) in [5.74, 6) is 0.750. The average Bonchev–Trinajstić information content (AvgIpc) is 2.82. The number of ether oxygens (including phenoxy) is 1. The normalized spacial score (nSPS) is 16.5. The molecule has 0 spiro atoms. The number of hydrogen-bond acceptors (Lipinski definition) is 4. The van der Waals surface area contributed by atoms with Crippen LogP contribution in [-0.2, 0) is 0 Å². The Bertz CT molecular complexity index is 589. The second-order valence-electron chi connectivity index (χ2n) is 3.72. The fraction of sp³-hybridized carbons (Fsp3) is 0.0769. The molecule has 0 fully saturated rings. The van der Waals surface area contributed by atoms with Gasteiger partial charge in [-0.1, -0.05) is 6.07 Å². The summed E-state index contributed by atoms with van der Waals surface area (Å²) in [4.78, 5) is 4.23. The molecular weight excluding hydrogens is 214 g/mol. The third-order valence-electron chi connectivity index (χ3n) is 2.60. The van der Waals surface area contributed by atoms with Crippen LogP contribution >= 0.6 is 0 Å². The standard InChI is InChI=1S/C13H9N3O/c14-8-9-4-5-12-11(7-9)16-13(17-12)10-3-1-2-6-15-10/h1-7,13,16H. The molecule has 0 saturated heterocycles. The van der Waals surface area contributed by atoms with Crippen LogP contribution in [0.2, 0.25) is 0 Å². The Morgan fingerprint density at radius 2 is 2.24 bits per heavy atom. The van der Waals surface area contributed by atoms with Crippen LogP contribution < -0.4 is 10.1 Å². The topological polar surface area (TPSA) is 57.9 Å². The highest BCUT2D eigenvalue weighted by molar-refractivity contribution is 5.63. The van der Waals surface area contributed by atoms with Gasteiger partial charge in [0.05, 0.1) is 17.3 Å². The molecule has 2 aromatic rings. The zero-order valence-electron chi connectivity index (χ0n) is 8.92. The molecule has 1 atom stereocenters. The zero-order valence-corrected chi connectivity index (χ0v) is 8.92. The molecule has 17 heavy (non-hydrogen) atoms. The van der Waals surface area contributed by atoms with Gasteiger partial charge in [0.2, 0.25) is 6.23 Å². The molecule has 0 aliphatic carbocycles. The summed E-state index contributed by atoms with van der Waals surface area (Å²) >= 11 is 0. The van der Waals surface area contributed by atoms with Crippen molar-refractivity contribution in [1.82, 2.24) is 4.98 Å². The highest BCUT2D eigenvalue weighted by atomic mass is 16.5. The van der Waals surface area contributed by atoms with Gasteiger partial charge in [-0.3, -0.25) is 4.98 Å². The van der Waals surface area contributed by atoms with Gasteiger partial charge in [0, 0.05) is 6.20 Å². The van der Waals surface area contributed by atoms with Crippen molar-refractivity contribution in [2.24, 2.45) is 0 Å². The maximum absolute atomic E-state index is 8.82. The van der Waals surface area contributed by atoms with Crippen molar-refractivity contribution in [2.45, 2.75) is 6.23 Å². The third kappa shape index (κ3) is 1.68. The summed E-state index contributed by atoms with van der Waals surface area (Å²) in [5, 5.41) is 12.0. The minimum absolute atomic E-state index is 0.278. The lowest BCUT2D eigenvalue weighted by Crippen LogP contribution is -2.11. The van der Waals surface area contributed by atoms with Gasteiger partial charge in [-0.2, -0.15) is 5.26 Å². The van der Waals surface area contributed by atoms with Crippen molar-refractivity contribution in [2.75, 3.05) is 5.32 Å². The largest absolute Gasteiger partial charge is 0.463 e. The average molecular weight is 223 g/mol. The quantitative estimate of drug-likeness (QED) is 0.806. The first-order chi connectivity index (χ1) is 8.36. The number of anilines is 1. The van der Waals surface area contributed by atoms with E-state index in [1.165, 1.54) is 0 Å². The monoisotopic (exact) mass is 223 g/mol. The lowest BCUT2D eigenvalue weighted by atomic mass is 10.2. The minimum Gasteiger partial charge on any atom is -0.463 e. The van der Waals surface area contributed by atoms with E-state index >= 15 is 0 Å². The molecule has 0 amide bonds. The highest BCUT2D eigenvalue weighted by Gasteiger charge is 2.24. The molecule has 0 radical (unpaired) electrons. The molecule has 1 aliphatic rings. The first kappa shape index (κ1) is 9.67. The smallest absolute Gasteiger partial charge is 0.213 e. The SMILES string of the molecule is N#Cc1ccc2c(c1)NC(c1ccccn1)O2. The molecule has 4 heteroatoms. The van der Waals surface area contributed by atoms with Crippen LogP contribution in [0.25, 0.3) is 0 Å². The summed E-state index contributed by atoms with van der Waals surface area (Å²) in [6.45, 7) is 0. The maximum atomic E-state index is 8.82. The number of fused-ring (bicyclic) bond motifs is 1. The van der Waals surface area contributed by atoms with Crippen molar-refractivity contribution in [3.63, 3.8) is 0 Å². The van der Waals surface area contributed by atoms with Gasteiger partial charge in [0.25, 0.3) is 0 Å². The Hall–Kier alpha value is -2.54. The molecule has 0 saturated carbocycles. The number of aromatic nitrogens is 1. The molecule has 1 unspecified atom stereocenters. The molecule has 3 rings (SSSR count). The Kier molecular flexibility index (Phi) is 2.16. The number of benzene rings is 1. The van der Waals surface area contributed by atoms with E-state index in [-0.39, 0.29) is 6.23 Å². The third-order valence-corrected chi connectivity index (χ3v) is 2.60. The van der Waals surface area contributed by atoms with E-state index in [1.807, 2.05) is 18.2 Å². The van der Waals surface area contributed by atoms with E-state index in [1.54, 1.807) is 24.4 Å². The first-order valence-electron chi connectivity index (χ1n) is 5.25. The minimum atomic E-state index is -0.278. The highest BCUT2D eigenvalue weighted by Crippen LogP contribution is 2.37. The molecule has 4 nitrogen and oxygen atoms in total. The van der Waals surface area contributed by atoms with Crippen molar-refractivity contribution in [1.29, 1.82) is 5.26 Å². The van der Waals surface area contributed by atoms with Crippen LogP contribution in [0.1, 0.15) is 17.5 Å². The second-order valence-corrected chi connectivity index (χ2v) is 3.72. The zero-order chi connectivity index (χ0) is 11.7. The van der Waals surface area contributed by atoms with Gasteiger partial charge in [-0.05, 0) is 30.3 Å². The predicted octanol–water partition coefficient (Wildman–Crippen LogP) is 2.46. The number of nitrogens with one attached hydrogen (secondary N) is 1. The van der Waals surface area contributed by atoms with Crippen LogP contribution in [0.4, 0.5) is 5.69 Å². The van der Waals surface area contributed by atoms with Crippen LogP contribution in [-0.4, -0.2) is 4.98 Å². The molecule has 1 N–H and O–H groups in total. The predicted molar refractivity (Wildman–Crippen MR) is 62.4 cm³/mol. The van der Waals surface area contributed by atoms with E-state index in [0.717, 1.165) is 17.1 Å². The van der Waals surface area contributed by atoms with Crippen LogP contribution in [0.3, 0.4) is 0 Å². The van der Waals surface area contributed by atoms with Crippen LogP contribution in [0.15, 0.2) is 42.6 Å². The Morgan fingerprint density at radius 1 is 1.29 bits per heavy atom. The maximum Gasteiger partial charge on any atom is 0.213 e. The lowest BCUT2D eigenvalue weighted by molar-refractivity contribution is 0.254. The van der Waals surface area contributed by atoms with E-state index in [2.05, 4.69) is 16.4 Å². The van der Waals surface area contributed by atoms with Crippen molar-refractivity contribution in [3.05, 3.63) is 53.9 Å². The van der Waals surface area contributed by atoms with E-state index in [0.29, 0.717) is 5.56 Å². The van der Waals surface area contributed by atoms with Crippen molar-refractivity contribution in [3.8, 4) is 11.8 Å². The summed E-state index contributed by atoms with van der Waals surface area (Å²) in [7, 11) is 0. The molecule has 2 heterocycles. The van der Waals surface area contributed by atoms with Gasteiger partial charge in [-0.15, -0.1) is 0 Å². The molecular formula is C13H9N3O. The van der Waals surface area contributed by atoms with Crippen molar-refractivity contribution >= 4 is 5.69 Å². The lowest BCUT2D eigenvalue weighted by Gasteiger charge is -2.09. The van der Waals surface area contributed by atoms with Gasteiger partial charge in [-0.25, -0.2) is 0 Å². The molecule has 1 aromatic heterocycles. The first-order valence-corrected chi connectivity index (χ1v) is 5.25. The summed E-state index contributed by atoms with van der Waals surface area (Å²) < 4.78 is 5.71. The van der Waals surface area contributed by atoms with E-state index in [4.69, 9.17) is 10.00 Å². The summed E-state index contributed by atoms with van der Waals surface area (Å²) in [6.07, 6.45) is 1.45. The van der Waals surface area contributed by atoms with Gasteiger partial charge >= 0.3 is 0 Å². The molecule has 1 aromatic carbocycles.